The maximum Gasteiger partial charge on any atom is 0.313 e. The number of anilines is 1. The van der Waals surface area contributed by atoms with E-state index in [2.05, 4.69) is 5.32 Å². The van der Waals surface area contributed by atoms with Gasteiger partial charge in [-0.25, -0.2) is 8.42 Å². The number of carbonyl (C=O) groups is 2. The number of amides is 2. The number of carbonyl (C=O) groups excluding carboxylic acids is 2. The summed E-state index contributed by atoms with van der Waals surface area (Å²) in [5, 5.41) is 2.98. The summed E-state index contributed by atoms with van der Waals surface area (Å²) in [5.41, 5.74) is 1.25. The number of halogens is 1. The van der Waals surface area contributed by atoms with E-state index in [1.54, 1.807) is 18.2 Å². The Morgan fingerprint density at radius 1 is 1.40 bits per heavy atom. The van der Waals surface area contributed by atoms with Crippen LogP contribution < -0.4 is 5.32 Å². The minimum Gasteiger partial charge on any atom is -0.383 e. The molecule has 2 rings (SSSR count). The van der Waals surface area contributed by atoms with Crippen LogP contribution in [0.2, 0.25) is 5.02 Å². The summed E-state index contributed by atoms with van der Waals surface area (Å²) in [6, 6.07) is 4.42. The summed E-state index contributed by atoms with van der Waals surface area (Å²) in [6.45, 7) is 2.19. The Bertz CT molecular complexity index is 766. The number of hydrogen-bond acceptors (Lipinski definition) is 5. The molecule has 1 atom stereocenters. The molecule has 2 amide bonds. The van der Waals surface area contributed by atoms with Crippen molar-refractivity contribution in [1.82, 2.24) is 4.90 Å². The lowest BCUT2D eigenvalue weighted by atomic mass is 10.2. The molecule has 1 aromatic rings. The molecule has 1 fully saturated rings. The Morgan fingerprint density at radius 3 is 2.68 bits per heavy atom. The van der Waals surface area contributed by atoms with Crippen molar-refractivity contribution in [2.75, 3.05) is 37.1 Å². The zero-order valence-corrected chi connectivity index (χ0v) is 15.7. The molecule has 0 saturated carbocycles. The van der Waals surface area contributed by atoms with Gasteiger partial charge in [-0.05, 0) is 31.0 Å². The van der Waals surface area contributed by atoms with E-state index in [1.165, 1.54) is 12.0 Å². The van der Waals surface area contributed by atoms with Crippen molar-refractivity contribution in [3.63, 3.8) is 0 Å². The number of nitrogens with zero attached hydrogens (tertiary/aromatic N) is 1. The fourth-order valence-corrected chi connectivity index (χ4v) is 4.56. The third-order valence-corrected chi connectivity index (χ3v) is 6.23. The van der Waals surface area contributed by atoms with E-state index in [0.717, 1.165) is 5.56 Å². The van der Waals surface area contributed by atoms with Crippen molar-refractivity contribution in [3.05, 3.63) is 28.8 Å². The van der Waals surface area contributed by atoms with Gasteiger partial charge >= 0.3 is 11.8 Å². The van der Waals surface area contributed by atoms with Crippen molar-refractivity contribution in [2.45, 2.75) is 19.4 Å². The van der Waals surface area contributed by atoms with Crippen LogP contribution in [0, 0.1) is 6.92 Å². The van der Waals surface area contributed by atoms with Gasteiger partial charge in [-0.1, -0.05) is 17.7 Å². The van der Waals surface area contributed by atoms with Crippen LogP contribution in [0.15, 0.2) is 18.2 Å². The third kappa shape index (κ3) is 5.17. The third-order valence-electron chi connectivity index (χ3n) is 4.07. The first kappa shape index (κ1) is 19.7. The molecule has 0 radical (unpaired) electrons. The predicted molar refractivity (Wildman–Crippen MR) is 95.5 cm³/mol. The van der Waals surface area contributed by atoms with E-state index in [-0.39, 0.29) is 24.7 Å². The van der Waals surface area contributed by atoms with Crippen molar-refractivity contribution in [3.8, 4) is 0 Å². The maximum absolute atomic E-state index is 12.5. The Balaban J connectivity index is 2.11. The first-order chi connectivity index (χ1) is 11.7. The molecule has 1 N–H and O–H groups in total. The van der Waals surface area contributed by atoms with Crippen LogP contribution in [0.3, 0.4) is 0 Å². The lowest BCUT2D eigenvalue weighted by Crippen LogP contribution is -2.47. The molecule has 0 aromatic heterocycles. The van der Waals surface area contributed by atoms with E-state index in [4.69, 9.17) is 16.3 Å². The second kappa shape index (κ2) is 8.16. The standard InChI is InChI=1S/C16H21ClN2O5S/c1-11-3-4-12(9-14(11)17)18-15(20)16(21)19(6-7-24-2)13-5-8-25(22,23)10-13/h3-4,9,13H,5-8,10H2,1-2H3,(H,18,20). The summed E-state index contributed by atoms with van der Waals surface area (Å²) in [5.74, 6) is -1.73. The van der Waals surface area contributed by atoms with Crippen LogP contribution in [0.25, 0.3) is 0 Å². The molecule has 0 bridgehead atoms. The summed E-state index contributed by atoms with van der Waals surface area (Å²) in [7, 11) is -1.70. The van der Waals surface area contributed by atoms with Crippen LogP contribution in [0.5, 0.6) is 0 Å². The van der Waals surface area contributed by atoms with E-state index in [1.807, 2.05) is 6.92 Å². The van der Waals surface area contributed by atoms with Gasteiger partial charge in [-0.3, -0.25) is 9.59 Å². The monoisotopic (exact) mass is 388 g/mol. The van der Waals surface area contributed by atoms with Gasteiger partial charge in [0.2, 0.25) is 0 Å². The van der Waals surface area contributed by atoms with Gasteiger partial charge in [0, 0.05) is 30.4 Å². The van der Waals surface area contributed by atoms with Gasteiger partial charge < -0.3 is 15.0 Å². The number of sulfone groups is 1. The lowest BCUT2D eigenvalue weighted by Gasteiger charge is -2.27. The second-order valence-corrected chi connectivity index (χ2v) is 8.60. The number of rotatable bonds is 5. The summed E-state index contributed by atoms with van der Waals surface area (Å²) in [6.07, 6.45) is 0.321. The molecule has 1 heterocycles. The molecule has 0 spiro atoms. The number of aryl methyl sites for hydroxylation is 1. The first-order valence-electron chi connectivity index (χ1n) is 7.81. The molecule has 1 aromatic carbocycles. The highest BCUT2D eigenvalue weighted by atomic mass is 35.5. The van der Waals surface area contributed by atoms with Crippen LogP contribution in [-0.4, -0.2) is 62.9 Å². The van der Waals surface area contributed by atoms with Gasteiger partial charge in [0.05, 0.1) is 18.1 Å². The van der Waals surface area contributed by atoms with Crippen LogP contribution in [0.1, 0.15) is 12.0 Å². The van der Waals surface area contributed by atoms with Gasteiger partial charge in [-0.15, -0.1) is 0 Å². The Kier molecular flexibility index (Phi) is 6.42. The van der Waals surface area contributed by atoms with E-state index in [0.29, 0.717) is 17.1 Å². The zero-order chi connectivity index (χ0) is 18.6. The molecule has 25 heavy (non-hydrogen) atoms. The minimum absolute atomic E-state index is 0.0175. The molecule has 138 valence electrons. The summed E-state index contributed by atoms with van der Waals surface area (Å²) >= 11 is 6.01. The van der Waals surface area contributed by atoms with Crippen molar-refractivity contribution < 1.29 is 22.7 Å². The largest absolute Gasteiger partial charge is 0.383 e. The number of ether oxygens (including phenoxy) is 1. The fraction of sp³-hybridized carbons (Fsp3) is 0.500. The number of nitrogens with one attached hydrogen (secondary N) is 1. The van der Waals surface area contributed by atoms with E-state index < -0.39 is 27.7 Å². The SMILES string of the molecule is COCCN(C(=O)C(=O)Nc1ccc(C)c(Cl)c1)C1CCS(=O)(=O)C1. The highest BCUT2D eigenvalue weighted by Crippen LogP contribution is 2.21. The smallest absolute Gasteiger partial charge is 0.313 e. The van der Waals surface area contributed by atoms with Gasteiger partial charge in [0.1, 0.15) is 0 Å². The molecule has 1 aliphatic heterocycles. The quantitative estimate of drug-likeness (QED) is 0.766. The van der Waals surface area contributed by atoms with Crippen molar-refractivity contribution in [2.24, 2.45) is 0 Å². The maximum atomic E-state index is 12.5. The highest BCUT2D eigenvalue weighted by molar-refractivity contribution is 7.91. The van der Waals surface area contributed by atoms with Crippen molar-refractivity contribution >= 4 is 38.9 Å². The summed E-state index contributed by atoms with van der Waals surface area (Å²) < 4.78 is 28.3. The fourth-order valence-electron chi connectivity index (χ4n) is 2.65. The predicted octanol–water partition coefficient (Wildman–Crippen LogP) is 1.25. The topological polar surface area (TPSA) is 92.8 Å². The van der Waals surface area contributed by atoms with Crippen molar-refractivity contribution in [1.29, 1.82) is 0 Å². The van der Waals surface area contributed by atoms with Crippen LogP contribution in [0.4, 0.5) is 5.69 Å². The molecule has 1 aliphatic rings. The number of hydrogen-bond donors (Lipinski definition) is 1. The number of methoxy groups -OCH3 is 1. The lowest BCUT2D eigenvalue weighted by molar-refractivity contribution is -0.144. The van der Waals surface area contributed by atoms with Gasteiger partial charge in [0.15, 0.2) is 9.84 Å². The second-order valence-electron chi connectivity index (χ2n) is 5.97. The Hall–Kier alpha value is -1.64. The Morgan fingerprint density at radius 2 is 2.12 bits per heavy atom. The van der Waals surface area contributed by atoms with Gasteiger partial charge in [-0.2, -0.15) is 0 Å². The van der Waals surface area contributed by atoms with Gasteiger partial charge in [0.25, 0.3) is 0 Å². The molecule has 1 saturated heterocycles. The van der Waals surface area contributed by atoms with E-state index >= 15 is 0 Å². The average Bonchev–Trinajstić information content (AvgIpc) is 2.91. The Labute approximate surface area is 152 Å². The molecule has 0 aliphatic carbocycles. The molecule has 7 nitrogen and oxygen atoms in total. The zero-order valence-electron chi connectivity index (χ0n) is 14.1. The average molecular weight is 389 g/mol. The highest BCUT2D eigenvalue weighted by Gasteiger charge is 2.36. The summed E-state index contributed by atoms with van der Waals surface area (Å²) in [4.78, 5) is 26.1. The first-order valence-corrected chi connectivity index (χ1v) is 10.0. The molecular weight excluding hydrogens is 368 g/mol. The molecule has 1 unspecified atom stereocenters. The minimum atomic E-state index is -3.18. The van der Waals surface area contributed by atoms with Crippen LogP contribution >= 0.6 is 11.6 Å². The normalized spacial score (nSPS) is 18.8. The number of benzene rings is 1. The molecule has 9 heteroatoms. The van der Waals surface area contributed by atoms with E-state index in [9.17, 15) is 18.0 Å². The van der Waals surface area contributed by atoms with Crippen LogP contribution in [-0.2, 0) is 24.2 Å². The molecular formula is C16H21ClN2O5S.